The minimum absolute atomic E-state index is 0.0513. The first kappa shape index (κ1) is 16.9. The fourth-order valence-corrected chi connectivity index (χ4v) is 3.88. The highest BCUT2D eigenvalue weighted by Crippen LogP contribution is 2.34. The highest BCUT2D eigenvalue weighted by Gasteiger charge is 2.47. The van der Waals surface area contributed by atoms with Gasteiger partial charge in [-0.1, -0.05) is 19.1 Å². The van der Waals surface area contributed by atoms with E-state index in [2.05, 4.69) is 10.3 Å². The molecule has 1 spiro atoms. The van der Waals surface area contributed by atoms with Crippen molar-refractivity contribution < 1.29 is 19.1 Å². The number of para-hydroxylation sites is 1. The molecule has 1 aromatic carbocycles. The molecule has 2 N–H and O–H groups in total. The summed E-state index contributed by atoms with van der Waals surface area (Å²) in [5.41, 5.74) is 0.713. The lowest BCUT2D eigenvalue weighted by Gasteiger charge is -2.38. The molecule has 2 aliphatic rings. The Morgan fingerprint density at radius 1 is 1.35 bits per heavy atom. The van der Waals surface area contributed by atoms with Crippen LogP contribution in [0.2, 0.25) is 0 Å². The number of piperidine rings is 1. The van der Waals surface area contributed by atoms with E-state index in [1.165, 1.54) is 0 Å². The highest BCUT2D eigenvalue weighted by atomic mass is 16.5. The summed E-state index contributed by atoms with van der Waals surface area (Å²) in [6.07, 6.45) is 1.45. The number of hydrogen-bond acceptors (Lipinski definition) is 4. The van der Waals surface area contributed by atoms with Gasteiger partial charge in [-0.05, 0) is 18.6 Å². The monoisotopic (exact) mass is 357 g/mol. The third-order valence-corrected chi connectivity index (χ3v) is 5.32. The minimum Gasteiger partial charge on any atom is -0.494 e. The predicted molar refractivity (Wildman–Crippen MR) is 96.0 cm³/mol. The van der Waals surface area contributed by atoms with Crippen molar-refractivity contribution in [3.8, 4) is 5.75 Å². The molecular formula is C19H23N3O4. The zero-order valence-corrected chi connectivity index (χ0v) is 15.0. The SMILES string of the molecule is CC[C@@H]1OC2(CCN(C(=O)c3[nH]c4ccccc4c3OC)CC2)NC1=O. The summed E-state index contributed by atoms with van der Waals surface area (Å²) >= 11 is 0. The standard InChI is InChI=1S/C19H23N3O4/c1-3-14-17(23)21-19(26-14)8-10-22(11-9-19)18(24)15-16(25-2)12-6-4-5-7-13(12)20-15/h4-7,14,20H,3,8-11H2,1-2H3,(H,21,23)/t14-/m0/s1. The molecule has 3 heterocycles. The zero-order chi connectivity index (χ0) is 18.3. The number of benzene rings is 1. The van der Waals surface area contributed by atoms with Gasteiger partial charge in [-0.3, -0.25) is 9.59 Å². The van der Waals surface area contributed by atoms with Gasteiger partial charge in [0.25, 0.3) is 11.8 Å². The molecule has 26 heavy (non-hydrogen) atoms. The van der Waals surface area contributed by atoms with Crippen LogP contribution < -0.4 is 10.1 Å². The van der Waals surface area contributed by atoms with E-state index >= 15 is 0 Å². The number of rotatable bonds is 3. The van der Waals surface area contributed by atoms with Crippen molar-refractivity contribution in [2.24, 2.45) is 0 Å². The van der Waals surface area contributed by atoms with Crippen LogP contribution in [0.1, 0.15) is 36.7 Å². The molecule has 0 bridgehead atoms. The van der Waals surface area contributed by atoms with Crippen LogP contribution in [-0.2, 0) is 9.53 Å². The largest absolute Gasteiger partial charge is 0.494 e. The summed E-state index contributed by atoms with van der Waals surface area (Å²) in [7, 11) is 1.57. The van der Waals surface area contributed by atoms with Crippen LogP contribution in [0.15, 0.2) is 24.3 Å². The Morgan fingerprint density at radius 2 is 2.08 bits per heavy atom. The molecule has 138 valence electrons. The quantitative estimate of drug-likeness (QED) is 0.880. The van der Waals surface area contributed by atoms with Gasteiger partial charge in [0.1, 0.15) is 17.5 Å². The topological polar surface area (TPSA) is 83.7 Å². The molecule has 7 nitrogen and oxygen atoms in total. The number of nitrogens with one attached hydrogen (secondary N) is 2. The van der Waals surface area contributed by atoms with Crippen molar-refractivity contribution in [3.63, 3.8) is 0 Å². The Morgan fingerprint density at radius 3 is 2.73 bits per heavy atom. The van der Waals surface area contributed by atoms with Gasteiger partial charge in [0, 0.05) is 36.8 Å². The lowest BCUT2D eigenvalue weighted by molar-refractivity contribution is -0.124. The molecule has 1 atom stereocenters. The predicted octanol–water partition coefficient (Wildman–Crippen LogP) is 2.03. The highest BCUT2D eigenvalue weighted by molar-refractivity contribution is 6.03. The van der Waals surface area contributed by atoms with Gasteiger partial charge in [0.15, 0.2) is 5.75 Å². The van der Waals surface area contributed by atoms with Gasteiger partial charge >= 0.3 is 0 Å². The summed E-state index contributed by atoms with van der Waals surface area (Å²) < 4.78 is 11.4. The van der Waals surface area contributed by atoms with E-state index in [4.69, 9.17) is 9.47 Å². The average molecular weight is 357 g/mol. The van der Waals surface area contributed by atoms with Crippen LogP contribution in [0.4, 0.5) is 0 Å². The maximum atomic E-state index is 13.0. The number of H-pyrrole nitrogens is 1. The van der Waals surface area contributed by atoms with E-state index in [0.29, 0.717) is 43.8 Å². The molecule has 2 aromatic rings. The normalized spacial score (nSPS) is 22.0. The third-order valence-electron chi connectivity index (χ3n) is 5.32. The molecule has 0 unspecified atom stereocenters. The smallest absolute Gasteiger partial charge is 0.274 e. The van der Waals surface area contributed by atoms with E-state index in [-0.39, 0.29) is 17.9 Å². The second kappa shape index (κ2) is 6.32. The number of hydrogen-bond donors (Lipinski definition) is 2. The summed E-state index contributed by atoms with van der Waals surface area (Å²) in [4.78, 5) is 29.9. The second-order valence-electron chi connectivity index (χ2n) is 6.87. The number of aromatic amines is 1. The molecule has 2 aliphatic heterocycles. The van der Waals surface area contributed by atoms with Crippen LogP contribution in [0.25, 0.3) is 10.9 Å². The summed E-state index contributed by atoms with van der Waals surface area (Å²) in [5, 5.41) is 3.87. The number of methoxy groups -OCH3 is 1. The maximum Gasteiger partial charge on any atom is 0.274 e. The molecule has 0 aliphatic carbocycles. The molecule has 2 saturated heterocycles. The average Bonchev–Trinajstić information content (AvgIpc) is 3.19. The van der Waals surface area contributed by atoms with Gasteiger partial charge < -0.3 is 24.7 Å². The van der Waals surface area contributed by atoms with Gasteiger partial charge in [-0.25, -0.2) is 0 Å². The first-order valence-corrected chi connectivity index (χ1v) is 9.00. The number of amides is 2. The van der Waals surface area contributed by atoms with E-state index < -0.39 is 5.72 Å². The Balaban J connectivity index is 1.52. The number of nitrogens with zero attached hydrogens (tertiary/aromatic N) is 1. The van der Waals surface area contributed by atoms with Gasteiger partial charge in [-0.2, -0.15) is 0 Å². The molecule has 7 heteroatoms. The minimum atomic E-state index is -0.626. The second-order valence-corrected chi connectivity index (χ2v) is 6.87. The fraction of sp³-hybridized carbons (Fsp3) is 0.474. The first-order chi connectivity index (χ1) is 12.6. The van der Waals surface area contributed by atoms with E-state index in [1.807, 2.05) is 31.2 Å². The number of fused-ring (bicyclic) bond motifs is 1. The molecule has 1 aromatic heterocycles. The first-order valence-electron chi connectivity index (χ1n) is 9.00. The number of aromatic nitrogens is 1. The van der Waals surface area contributed by atoms with Crippen LogP contribution in [0.3, 0.4) is 0 Å². The van der Waals surface area contributed by atoms with E-state index in [0.717, 1.165) is 10.9 Å². The van der Waals surface area contributed by atoms with Crippen molar-refractivity contribution in [2.45, 2.75) is 38.0 Å². The Labute approximate surface area is 151 Å². The zero-order valence-electron chi connectivity index (χ0n) is 15.0. The molecule has 2 fully saturated rings. The van der Waals surface area contributed by atoms with Crippen molar-refractivity contribution in [1.82, 2.24) is 15.2 Å². The molecule has 0 radical (unpaired) electrons. The summed E-state index contributed by atoms with van der Waals surface area (Å²) in [6.45, 7) is 2.98. The molecule has 4 rings (SSSR count). The lowest BCUT2D eigenvalue weighted by atomic mass is 10.0. The lowest BCUT2D eigenvalue weighted by Crippen LogP contribution is -2.53. The summed E-state index contributed by atoms with van der Waals surface area (Å²) in [5.74, 6) is 0.427. The number of carbonyl (C=O) groups excluding carboxylic acids is 2. The van der Waals surface area contributed by atoms with Crippen molar-refractivity contribution in [2.75, 3.05) is 20.2 Å². The van der Waals surface area contributed by atoms with Crippen molar-refractivity contribution in [1.29, 1.82) is 0 Å². The van der Waals surface area contributed by atoms with Gasteiger partial charge in [0.05, 0.1) is 7.11 Å². The van der Waals surface area contributed by atoms with Crippen LogP contribution in [0, 0.1) is 0 Å². The molecule has 2 amide bonds. The summed E-state index contributed by atoms with van der Waals surface area (Å²) in [6, 6.07) is 7.69. The van der Waals surface area contributed by atoms with Crippen LogP contribution in [-0.4, -0.2) is 53.7 Å². The van der Waals surface area contributed by atoms with Crippen molar-refractivity contribution >= 4 is 22.7 Å². The Bertz CT molecular complexity index is 852. The number of likely N-dealkylation sites (tertiary alicyclic amines) is 1. The number of carbonyl (C=O) groups is 2. The molecular weight excluding hydrogens is 334 g/mol. The van der Waals surface area contributed by atoms with Gasteiger partial charge in [-0.15, -0.1) is 0 Å². The van der Waals surface area contributed by atoms with Crippen LogP contribution in [0.5, 0.6) is 5.75 Å². The third kappa shape index (κ3) is 2.63. The Hall–Kier alpha value is -2.54. The number of ether oxygens (including phenoxy) is 2. The van der Waals surface area contributed by atoms with E-state index in [1.54, 1.807) is 12.0 Å². The Kier molecular flexibility index (Phi) is 4.11. The fourth-order valence-electron chi connectivity index (χ4n) is 3.88. The van der Waals surface area contributed by atoms with Gasteiger partial charge in [0.2, 0.25) is 0 Å². The van der Waals surface area contributed by atoms with Crippen LogP contribution >= 0.6 is 0 Å². The van der Waals surface area contributed by atoms with E-state index in [9.17, 15) is 9.59 Å². The molecule has 0 saturated carbocycles. The van der Waals surface area contributed by atoms with Crippen molar-refractivity contribution in [3.05, 3.63) is 30.0 Å². The maximum absolute atomic E-state index is 13.0.